The number of ether oxygens (including phenoxy) is 5. The minimum Gasteiger partial charge on any atom is -0.487 e. The standard InChI is InChI=1S/C47H65N3O9/c1-5-8-27-55-46(53)50(23-6-2)42-31-40(49-59-43-20-11-14-28-54-43)38-29-34(17-9-12-24-51)37(19-10-13-25-52)44-39-30-36(56-32-35-18-15-16-33(4)48-35)21-22-41(39)58-47(42,45(38)44)57-26-7-3/h5,7,15-16,18,21-22,29-30,34,37,42-45,51-52H,1,3,6,8-14,17,19-20,23-28,31-32H2,2,4H3. The highest BCUT2D eigenvalue weighted by atomic mass is 16.8. The second kappa shape index (κ2) is 21.9. The summed E-state index contributed by atoms with van der Waals surface area (Å²) in [5.74, 6) is -0.458. The van der Waals surface area contributed by atoms with E-state index in [1.165, 1.54) is 0 Å². The molecule has 2 N–H and O–H groups in total. The summed E-state index contributed by atoms with van der Waals surface area (Å²) in [7, 11) is 0. The lowest BCUT2D eigenvalue weighted by Gasteiger charge is -2.60. The number of rotatable bonds is 22. The number of fused-ring (bicyclic) bond motifs is 2. The van der Waals surface area contributed by atoms with E-state index in [-0.39, 0.29) is 50.6 Å². The van der Waals surface area contributed by atoms with Crippen LogP contribution in [0.5, 0.6) is 11.5 Å². The maximum atomic E-state index is 14.3. The molecular formula is C47H65N3O9. The van der Waals surface area contributed by atoms with Gasteiger partial charge in [0.05, 0.1) is 37.1 Å². The second-order valence-corrected chi connectivity index (χ2v) is 16.1. The number of hydrogen-bond donors (Lipinski definition) is 2. The Morgan fingerprint density at radius 1 is 1.08 bits per heavy atom. The molecule has 322 valence electrons. The first kappa shape index (κ1) is 44.3. The fraction of sp³-hybridized carbons (Fsp3) is 0.596. The Balaban J connectivity index is 1.54. The van der Waals surface area contributed by atoms with Crippen LogP contribution in [-0.2, 0) is 25.7 Å². The van der Waals surface area contributed by atoms with E-state index in [0.29, 0.717) is 56.9 Å². The number of aliphatic hydroxyl groups excluding tert-OH is 2. The van der Waals surface area contributed by atoms with Gasteiger partial charge in [0.1, 0.15) is 24.1 Å². The highest BCUT2D eigenvalue weighted by Crippen LogP contribution is 2.62. The zero-order valence-corrected chi connectivity index (χ0v) is 35.1. The SMILES string of the molecule is C=CCCOC(=O)N(CCC)C1CC(=NOC2CCCCO2)C2=CC(CCCCO)C(CCCCO)C3c4cc(OCc5cccc(C)n5)ccc4OC1(OCC=C)C23. The molecule has 1 saturated carbocycles. The molecule has 7 unspecified atom stereocenters. The Morgan fingerprint density at radius 2 is 1.92 bits per heavy atom. The van der Waals surface area contributed by atoms with Gasteiger partial charge in [-0.15, -0.1) is 13.2 Å². The third-order valence-electron chi connectivity index (χ3n) is 12.0. The predicted molar refractivity (Wildman–Crippen MR) is 226 cm³/mol. The van der Waals surface area contributed by atoms with Crippen molar-refractivity contribution in [3.63, 3.8) is 0 Å². The number of carbonyl (C=O) groups excluding carboxylic acids is 1. The molecule has 0 radical (unpaired) electrons. The summed E-state index contributed by atoms with van der Waals surface area (Å²) in [5.41, 5.74) is 4.43. The van der Waals surface area contributed by atoms with Crippen molar-refractivity contribution in [2.75, 3.05) is 39.6 Å². The quantitative estimate of drug-likeness (QED) is 0.0675. The zero-order chi connectivity index (χ0) is 41.6. The number of allylic oxidation sites excluding steroid dienone is 1. The average Bonchev–Trinajstić information content (AvgIpc) is 3.25. The summed E-state index contributed by atoms with van der Waals surface area (Å²) in [6, 6.07) is 11.2. The van der Waals surface area contributed by atoms with Crippen molar-refractivity contribution in [2.45, 2.75) is 122 Å². The molecule has 0 bridgehead atoms. The van der Waals surface area contributed by atoms with Crippen molar-refractivity contribution in [3.05, 3.63) is 90.3 Å². The van der Waals surface area contributed by atoms with Crippen molar-refractivity contribution < 1.29 is 43.5 Å². The van der Waals surface area contributed by atoms with Gasteiger partial charge in [0.2, 0.25) is 12.1 Å². The molecule has 0 spiro atoms. The Hall–Kier alpha value is -4.23. The first-order valence-electron chi connectivity index (χ1n) is 21.8. The first-order valence-corrected chi connectivity index (χ1v) is 21.8. The molecule has 12 heteroatoms. The van der Waals surface area contributed by atoms with Crippen molar-refractivity contribution >= 4 is 11.8 Å². The van der Waals surface area contributed by atoms with Gasteiger partial charge in [0, 0.05) is 49.8 Å². The lowest BCUT2D eigenvalue weighted by Crippen LogP contribution is -2.70. The van der Waals surface area contributed by atoms with Crippen molar-refractivity contribution in [1.82, 2.24) is 9.88 Å². The smallest absolute Gasteiger partial charge is 0.410 e. The van der Waals surface area contributed by atoms with Gasteiger partial charge >= 0.3 is 6.09 Å². The molecule has 2 aliphatic carbocycles. The summed E-state index contributed by atoms with van der Waals surface area (Å²) in [6.45, 7) is 13.8. The van der Waals surface area contributed by atoms with Crippen molar-refractivity contribution in [1.29, 1.82) is 0 Å². The van der Waals surface area contributed by atoms with Crippen LogP contribution in [0, 0.1) is 24.7 Å². The van der Waals surface area contributed by atoms with Crippen LogP contribution in [0.3, 0.4) is 0 Å². The summed E-state index contributed by atoms with van der Waals surface area (Å²) < 4.78 is 32.7. The van der Waals surface area contributed by atoms with E-state index >= 15 is 0 Å². The molecule has 4 aliphatic rings. The van der Waals surface area contributed by atoms with Crippen LogP contribution < -0.4 is 9.47 Å². The number of aryl methyl sites for hydroxylation is 1. The lowest BCUT2D eigenvalue weighted by molar-refractivity contribution is -0.255. The molecule has 1 saturated heterocycles. The Morgan fingerprint density at radius 3 is 2.64 bits per heavy atom. The maximum absolute atomic E-state index is 14.3. The highest BCUT2D eigenvalue weighted by Gasteiger charge is 2.65. The number of hydrogen-bond acceptors (Lipinski definition) is 11. The summed E-state index contributed by atoms with van der Waals surface area (Å²) in [5, 5.41) is 24.8. The third kappa shape index (κ3) is 10.6. The molecule has 1 aromatic heterocycles. The van der Waals surface area contributed by atoms with Crippen LogP contribution in [-0.4, -0.2) is 89.6 Å². The predicted octanol–water partition coefficient (Wildman–Crippen LogP) is 8.55. The van der Waals surface area contributed by atoms with Gasteiger partial charge < -0.3 is 38.7 Å². The molecule has 2 fully saturated rings. The van der Waals surface area contributed by atoms with Gasteiger partial charge in [-0.25, -0.2) is 4.79 Å². The zero-order valence-electron chi connectivity index (χ0n) is 35.1. The molecule has 6 rings (SSSR count). The van der Waals surface area contributed by atoms with Crippen molar-refractivity contribution in [2.24, 2.45) is 22.9 Å². The van der Waals surface area contributed by atoms with E-state index in [1.807, 2.05) is 44.2 Å². The van der Waals surface area contributed by atoms with Crippen molar-refractivity contribution in [3.8, 4) is 11.5 Å². The fourth-order valence-electron chi connectivity index (χ4n) is 9.42. The van der Waals surface area contributed by atoms with E-state index in [0.717, 1.165) is 73.2 Å². The molecular weight excluding hydrogens is 751 g/mol. The van der Waals surface area contributed by atoms with Gasteiger partial charge in [-0.2, -0.15) is 0 Å². The Bertz CT molecular complexity index is 1760. The number of oxime groups is 1. The van der Waals surface area contributed by atoms with E-state index in [2.05, 4.69) is 30.3 Å². The van der Waals surface area contributed by atoms with E-state index in [1.54, 1.807) is 17.1 Å². The van der Waals surface area contributed by atoms with E-state index in [9.17, 15) is 15.0 Å². The van der Waals surface area contributed by atoms with Crippen LogP contribution in [0.2, 0.25) is 0 Å². The van der Waals surface area contributed by atoms with Gasteiger partial charge in [-0.3, -0.25) is 9.88 Å². The maximum Gasteiger partial charge on any atom is 0.410 e. The van der Waals surface area contributed by atoms with Crippen LogP contribution in [0.4, 0.5) is 4.79 Å². The highest BCUT2D eigenvalue weighted by molar-refractivity contribution is 6.03. The topological polar surface area (TPSA) is 141 Å². The normalized spacial score (nSPS) is 26.4. The monoisotopic (exact) mass is 815 g/mol. The number of nitrogens with zero attached hydrogens (tertiary/aromatic N) is 3. The van der Waals surface area contributed by atoms with Crippen LogP contribution >= 0.6 is 0 Å². The summed E-state index contributed by atoms with van der Waals surface area (Å²) in [6.07, 6.45) is 13.8. The van der Waals surface area contributed by atoms with E-state index in [4.69, 9.17) is 33.7 Å². The fourth-order valence-corrected chi connectivity index (χ4v) is 9.42. The minimum atomic E-state index is -1.37. The largest absolute Gasteiger partial charge is 0.487 e. The number of aromatic nitrogens is 1. The van der Waals surface area contributed by atoms with Gasteiger partial charge in [-0.1, -0.05) is 49.2 Å². The number of aliphatic hydroxyl groups is 2. The molecule has 1 amide bonds. The van der Waals surface area contributed by atoms with Crippen LogP contribution in [0.25, 0.3) is 0 Å². The summed E-state index contributed by atoms with van der Waals surface area (Å²) in [4.78, 5) is 26.9. The summed E-state index contributed by atoms with van der Waals surface area (Å²) >= 11 is 0. The molecule has 7 atom stereocenters. The molecule has 59 heavy (non-hydrogen) atoms. The number of benzene rings is 1. The number of carbonyl (C=O) groups is 1. The van der Waals surface area contributed by atoms with Gasteiger partial charge in [0.25, 0.3) is 0 Å². The third-order valence-corrected chi connectivity index (χ3v) is 12.0. The number of unbranched alkanes of at least 4 members (excludes halogenated alkanes) is 2. The minimum absolute atomic E-state index is 0.0822. The Kier molecular flexibility index (Phi) is 16.4. The van der Waals surface area contributed by atoms with Gasteiger partial charge in [-0.05, 0) is 106 Å². The first-order chi connectivity index (χ1) is 28.9. The molecule has 2 aromatic rings. The molecule has 2 aliphatic heterocycles. The molecule has 3 heterocycles. The molecule has 12 nitrogen and oxygen atoms in total. The number of amides is 1. The average molecular weight is 816 g/mol. The van der Waals surface area contributed by atoms with Gasteiger partial charge in [0.15, 0.2) is 0 Å². The Labute approximate surface area is 350 Å². The molecule has 1 aromatic carbocycles. The van der Waals surface area contributed by atoms with E-state index < -0.39 is 30.1 Å². The second-order valence-electron chi connectivity index (χ2n) is 16.1. The van der Waals surface area contributed by atoms with Crippen LogP contribution in [0.1, 0.15) is 107 Å². The lowest BCUT2D eigenvalue weighted by atomic mass is 9.55. The van der Waals surface area contributed by atoms with Crippen LogP contribution in [0.15, 0.2) is 78.5 Å². The number of pyridine rings is 1.